The predicted octanol–water partition coefficient (Wildman–Crippen LogP) is 1.46. The normalized spacial score (nSPS) is 15.2. The zero-order chi connectivity index (χ0) is 20.1. The maximum absolute atomic E-state index is 13.1. The van der Waals surface area contributed by atoms with E-state index in [1.54, 1.807) is 43.5 Å². The van der Waals surface area contributed by atoms with E-state index in [-0.39, 0.29) is 12.5 Å². The Labute approximate surface area is 162 Å². The van der Waals surface area contributed by atoms with Gasteiger partial charge in [-0.05, 0) is 42.7 Å². The summed E-state index contributed by atoms with van der Waals surface area (Å²) in [5.74, 6) is 0.486. The molecule has 0 saturated heterocycles. The molecule has 3 rings (SSSR count). The SMILES string of the molecule is COc1ccc2c(c1)C(=O)N(C[C@](C)(NC(=O)NC=O)c1cccnc1)CC2. The van der Waals surface area contributed by atoms with E-state index in [2.05, 4.69) is 15.6 Å². The van der Waals surface area contributed by atoms with Gasteiger partial charge in [-0.2, -0.15) is 0 Å². The molecule has 2 heterocycles. The lowest BCUT2D eigenvalue weighted by Gasteiger charge is -2.38. The molecule has 1 aromatic carbocycles. The molecule has 1 atom stereocenters. The molecule has 0 spiro atoms. The quantitative estimate of drug-likeness (QED) is 0.737. The van der Waals surface area contributed by atoms with Gasteiger partial charge >= 0.3 is 6.03 Å². The second kappa shape index (κ2) is 8.08. The standard InChI is InChI=1S/C20H22N4O4/c1-20(23-19(27)22-13-25,15-4-3-8-21-11-15)12-24-9-7-14-5-6-16(28-2)10-17(14)18(24)26/h3-6,8,10-11,13H,7,9,12H2,1-2H3,(H2,22,23,25,27)/t20-/m0/s1. The van der Waals surface area contributed by atoms with Crippen molar-refractivity contribution in [3.63, 3.8) is 0 Å². The molecule has 0 aliphatic carbocycles. The lowest BCUT2D eigenvalue weighted by Crippen LogP contribution is -2.55. The van der Waals surface area contributed by atoms with Crippen LogP contribution in [0.15, 0.2) is 42.7 Å². The Morgan fingerprint density at radius 3 is 2.89 bits per heavy atom. The van der Waals surface area contributed by atoms with Crippen LogP contribution in [0.25, 0.3) is 0 Å². The average Bonchev–Trinajstić information content (AvgIpc) is 2.71. The number of carbonyl (C=O) groups is 3. The molecule has 0 fully saturated rings. The second-order valence-electron chi connectivity index (χ2n) is 6.79. The van der Waals surface area contributed by atoms with Crippen LogP contribution in [-0.2, 0) is 16.8 Å². The van der Waals surface area contributed by atoms with Crippen LogP contribution in [0.4, 0.5) is 4.79 Å². The van der Waals surface area contributed by atoms with Gasteiger partial charge in [0.2, 0.25) is 6.41 Å². The van der Waals surface area contributed by atoms with E-state index in [0.29, 0.717) is 30.7 Å². The molecule has 1 aliphatic rings. The number of methoxy groups -OCH3 is 1. The Balaban J connectivity index is 1.89. The molecule has 0 bridgehead atoms. The first-order valence-corrected chi connectivity index (χ1v) is 8.86. The van der Waals surface area contributed by atoms with E-state index in [9.17, 15) is 14.4 Å². The van der Waals surface area contributed by atoms with Crippen LogP contribution in [0.3, 0.4) is 0 Å². The van der Waals surface area contributed by atoms with Crippen molar-refractivity contribution in [3.8, 4) is 5.75 Å². The molecule has 2 aromatic rings. The smallest absolute Gasteiger partial charge is 0.321 e. The van der Waals surface area contributed by atoms with Crippen molar-refractivity contribution in [1.29, 1.82) is 0 Å². The van der Waals surface area contributed by atoms with Gasteiger partial charge in [-0.15, -0.1) is 0 Å². The zero-order valence-corrected chi connectivity index (χ0v) is 15.8. The lowest BCUT2D eigenvalue weighted by molar-refractivity contribution is -0.108. The first kappa shape index (κ1) is 19.3. The number of nitrogens with one attached hydrogen (secondary N) is 2. The molecule has 0 radical (unpaired) electrons. The number of benzene rings is 1. The van der Waals surface area contributed by atoms with E-state index in [0.717, 1.165) is 11.1 Å². The number of rotatable bonds is 6. The van der Waals surface area contributed by atoms with Crippen molar-refractivity contribution in [2.24, 2.45) is 0 Å². The van der Waals surface area contributed by atoms with Gasteiger partial charge in [-0.25, -0.2) is 4.79 Å². The number of urea groups is 1. The first-order chi connectivity index (χ1) is 13.5. The number of pyridine rings is 1. The van der Waals surface area contributed by atoms with Crippen LogP contribution in [0.2, 0.25) is 0 Å². The summed E-state index contributed by atoms with van der Waals surface area (Å²) in [7, 11) is 1.56. The fourth-order valence-electron chi connectivity index (χ4n) is 3.39. The number of ether oxygens (including phenoxy) is 1. The molecular weight excluding hydrogens is 360 g/mol. The molecule has 1 aliphatic heterocycles. The molecule has 8 heteroatoms. The maximum atomic E-state index is 13.1. The Kier molecular flexibility index (Phi) is 5.58. The fourth-order valence-corrected chi connectivity index (χ4v) is 3.39. The highest BCUT2D eigenvalue weighted by atomic mass is 16.5. The predicted molar refractivity (Wildman–Crippen MR) is 102 cm³/mol. The Hall–Kier alpha value is -3.42. The van der Waals surface area contributed by atoms with Crippen molar-refractivity contribution in [1.82, 2.24) is 20.5 Å². The minimum atomic E-state index is -0.937. The molecule has 1 aromatic heterocycles. The minimum absolute atomic E-state index is 0.132. The zero-order valence-electron chi connectivity index (χ0n) is 15.8. The third-order valence-electron chi connectivity index (χ3n) is 4.87. The van der Waals surface area contributed by atoms with E-state index < -0.39 is 11.6 Å². The number of amides is 4. The summed E-state index contributed by atoms with van der Waals surface area (Å²) >= 11 is 0. The highest BCUT2D eigenvalue weighted by Gasteiger charge is 2.35. The van der Waals surface area contributed by atoms with Crippen molar-refractivity contribution in [2.75, 3.05) is 20.2 Å². The molecule has 2 N–H and O–H groups in total. The summed E-state index contributed by atoms with van der Waals surface area (Å²) in [6.07, 6.45) is 4.28. The van der Waals surface area contributed by atoms with E-state index in [1.165, 1.54) is 0 Å². The van der Waals surface area contributed by atoms with Gasteiger partial charge in [-0.3, -0.25) is 19.9 Å². The Morgan fingerprint density at radius 2 is 2.21 bits per heavy atom. The van der Waals surface area contributed by atoms with Gasteiger partial charge in [0.1, 0.15) is 5.75 Å². The van der Waals surface area contributed by atoms with Gasteiger partial charge in [0.25, 0.3) is 5.91 Å². The van der Waals surface area contributed by atoms with Crippen molar-refractivity contribution in [2.45, 2.75) is 18.9 Å². The number of imide groups is 1. The largest absolute Gasteiger partial charge is 0.497 e. The minimum Gasteiger partial charge on any atom is -0.497 e. The Morgan fingerprint density at radius 1 is 1.39 bits per heavy atom. The number of hydrogen-bond donors (Lipinski definition) is 2. The van der Waals surface area contributed by atoms with Gasteiger partial charge in [0, 0.05) is 31.0 Å². The van der Waals surface area contributed by atoms with Gasteiger partial charge in [-0.1, -0.05) is 12.1 Å². The molecule has 4 amide bonds. The molecular formula is C20H22N4O4. The topological polar surface area (TPSA) is 101 Å². The van der Waals surface area contributed by atoms with Gasteiger partial charge < -0.3 is 15.0 Å². The van der Waals surface area contributed by atoms with Crippen LogP contribution in [0.1, 0.15) is 28.4 Å². The van der Waals surface area contributed by atoms with Crippen LogP contribution in [0.5, 0.6) is 5.75 Å². The number of fused-ring (bicyclic) bond motifs is 1. The molecule has 146 valence electrons. The van der Waals surface area contributed by atoms with Gasteiger partial charge in [0.15, 0.2) is 0 Å². The third-order valence-corrected chi connectivity index (χ3v) is 4.87. The molecule has 28 heavy (non-hydrogen) atoms. The highest BCUT2D eigenvalue weighted by molar-refractivity contribution is 5.97. The summed E-state index contributed by atoms with van der Waals surface area (Å²) < 4.78 is 5.24. The van der Waals surface area contributed by atoms with Crippen LogP contribution < -0.4 is 15.4 Å². The lowest BCUT2D eigenvalue weighted by atomic mass is 9.90. The Bertz CT molecular complexity index is 887. The number of nitrogens with zero attached hydrogens (tertiary/aromatic N) is 2. The summed E-state index contributed by atoms with van der Waals surface area (Å²) in [6.45, 7) is 2.54. The summed E-state index contributed by atoms with van der Waals surface area (Å²) in [6, 6.07) is 8.40. The summed E-state index contributed by atoms with van der Waals surface area (Å²) in [5.41, 5.74) is 1.35. The van der Waals surface area contributed by atoms with E-state index in [1.807, 2.05) is 18.2 Å². The number of carbonyl (C=O) groups excluding carboxylic acids is 3. The van der Waals surface area contributed by atoms with Crippen LogP contribution in [0, 0.1) is 0 Å². The average molecular weight is 382 g/mol. The molecule has 0 saturated carbocycles. The second-order valence-corrected chi connectivity index (χ2v) is 6.79. The monoisotopic (exact) mass is 382 g/mol. The first-order valence-electron chi connectivity index (χ1n) is 8.86. The molecule has 8 nitrogen and oxygen atoms in total. The number of aromatic nitrogens is 1. The molecule has 0 unspecified atom stereocenters. The van der Waals surface area contributed by atoms with E-state index >= 15 is 0 Å². The van der Waals surface area contributed by atoms with Gasteiger partial charge in [0.05, 0.1) is 12.6 Å². The highest BCUT2D eigenvalue weighted by Crippen LogP contribution is 2.27. The summed E-state index contributed by atoms with van der Waals surface area (Å²) in [5, 5.41) is 4.86. The van der Waals surface area contributed by atoms with Crippen molar-refractivity contribution in [3.05, 3.63) is 59.4 Å². The van der Waals surface area contributed by atoms with Crippen LogP contribution >= 0.6 is 0 Å². The summed E-state index contributed by atoms with van der Waals surface area (Å²) in [4.78, 5) is 41.5. The fraction of sp³-hybridized carbons (Fsp3) is 0.300. The van der Waals surface area contributed by atoms with Crippen molar-refractivity contribution >= 4 is 18.3 Å². The van der Waals surface area contributed by atoms with Crippen LogP contribution in [-0.4, -0.2) is 48.4 Å². The van der Waals surface area contributed by atoms with Crippen molar-refractivity contribution < 1.29 is 19.1 Å². The maximum Gasteiger partial charge on any atom is 0.321 e. The number of hydrogen-bond acceptors (Lipinski definition) is 5. The third kappa shape index (κ3) is 3.95. The van der Waals surface area contributed by atoms with E-state index in [4.69, 9.17) is 4.74 Å².